The van der Waals surface area contributed by atoms with E-state index in [1.54, 1.807) is 6.07 Å². The van der Waals surface area contributed by atoms with E-state index in [-0.39, 0.29) is 5.75 Å². The molecule has 1 N–H and O–H groups in total. The van der Waals surface area contributed by atoms with Gasteiger partial charge in [0.25, 0.3) is 0 Å². The number of ether oxygens (including phenoxy) is 1. The normalized spacial score (nSPS) is 12.6. The Bertz CT molecular complexity index is 418. The zero-order valence-electron chi connectivity index (χ0n) is 10.9. The Balaban J connectivity index is 2.85. The molecule has 19 heavy (non-hydrogen) atoms. The summed E-state index contributed by atoms with van der Waals surface area (Å²) in [6, 6.07) is 3.11. The maximum atomic E-state index is 12.4. The molecule has 6 heteroatoms. The molecule has 0 aliphatic rings. The van der Waals surface area contributed by atoms with Gasteiger partial charge >= 0.3 is 6.61 Å². The molecule has 1 rings (SSSR count). The van der Waals surface area contributed by atoms with Crippen molar-refractivity contribution in [3.63, 3.8) is 0 Å². The van der Waals surface area contributed by atoms with Gasteiger partial charge < -0.3 is 10.1 Å². The summed E-state index contributed by atoms with van der Waals surface area (Å²) >= 11 is 9.10. The molecule has 0 aliphatic heterocycles. The molecule has 1 atom stereocenters. The smallest absolute Gasteiger partial charge is 0.387 e. The van der Waals surface area contributed by atoms with Crippen LogP contribution in [0.25, 0.3) is 0 Å². The average Bonchev–Trinajstić information content (AvgIpc) is 2.30. The van der Waals surface area contributed by atoms with Gasteiger partial charge in [-0.2, -0.15) is 8.78 Å². The minimum Gasteiger partial charge on any atom is -0.431 e. The van der Waals surface area contributed by atoms with E-state index >= 15 is 0 Å². The number of alkyl halides is 2. The van der Waals surface area contributed by atoms with Gasteiger partial charge in [0.05, 0.1) is 10.2 Å². The standard InChI is InChI=1S/C13H17BrClF2NO/c1-3-4-8(2)7-18-11-6-9(15)5-10(14)12(11)19-13(16)17/h5-6,8,13,18H,3-4,7H2,1-2H3. The highest BCUT2D eigenvalue weighted by atomic mass is 79.9. The number of rotatable bonds is 7. The van der Waals surface area contributed by atoms with Crippen LogP contribution in [0.15, 0.2) is 16.6 Å². The van der Waals surface area contributed by atoms with Crippen LogP contribution >= 0.6 is 27.5 Å². The molecule has 0 aromatic heterocycles. The number of halogens is 4. The topological polar surface area (TPSA) is 21.3 Å². The highest BCUT2D eigenvalue weighted by Gasteiger charge is 2.15. The summed E-state index contributed by atoms with van der Waals surface area (Å²) in [5, 5.41) is 3.57. The molecule has 2 nitrogen and oxygen atoms in total. The van der Waals surface area contributed by atoms with Crippen LogP contribution in [0.5, 0.6) is 5.75 Å². The second kappa shape index (κ2) is 7.90. The van der Waals surface area contributed by atoms with Gasteiger partial charge in [0.15, 0.2) is 5.75 Å². The molecule has 1 unspecified atom stereocenters. The predicted octanol–water partition coefficient (Wildman–Crippen LogP) is 5.55. The lowest BCUT2D eigenvalue weighted by molar-refractivity contribution is -0.0498. The third-order valence-electron chi connectivity index (χ3n) is 2.64. The summed E-state index contributed by atoms with van der Waals surface area (Å²) in [5.74, 6) is 0.533. The lowest BCUT2D eigenvalue weighted by Crippen LogP contribution is -2.13. The van der Waals surface area contributed by atoms with E-state index in [4.69, 9.17) is 11.6 Å². The fraction of sp³-hybridized carbons (Fsp3) is 0.538. The molecule has 1 aromatic rings. The monoisotopic (exact) mass is 355 g/mol. The first-order valence-corrected chi connectivity index (χ1v) is 7.28. The molecular weight excluding hydrogens is 340 g/mol. The van der Waals surface area contributed by atoms with Crippen molar-refractivity contribution in [1.82, 2.24) is 0 Å². The van der Waals surface area contributed by atoms with E-state index in [1.807, 2.05) is 0 Å². The van der Waals surface area contributed by atoms with E-state index in [1.165, 1.54) is 6.07 Å². The van der Waals surface area contributed by atoms with E-state index in [0.717, 1.165) is 12.8 Å². The lowest BCUT2D eigenvalue weighted by Gasteiger charge is -2.17. The van der Waals surface area contributed by atoms with Crippen LogP contribution in [0.1, 0.15) is 26.7 Å². The maximum Gasteiger partial charge on any atom is 0.387 e. The number of nitrogens with one attached hydrogen (secondary N) is 1. The summed E-state index contributed by atoms with van der Waals surface area (Å²) in [6.45, 7) is 2.02. The largest absolute Gasteiger partial charge is 0.431 e. The first-order valence-electron chi connectivity index (χ1n) is 6.11. The molecule has 0 amide bonds. The van der Waals surface area contributed by atoms with E-state index in [2.05, 4.69) is 39.8 Å². The predicted molar refractivity (Wildman–Crippen MR) is 78.3 cm³/mol. The molecule has 0 saturated carbocycles. The first-order chi connectivity index (χ1) is 8.93. The highest BCUT2D eigenvalue weighted by molar-refractivity contribution is 9.10. The van der Waals surface area contributed by atoms with E-state index in [0.29, 0.717) is 27.6 Å². The number of hydrogen-bond donors (Lipinski definition) is 1. The quantitative estimate of drug-likeness (QED) is 0.691. The fourth-order valence-corrected chi connectivity index (χ4v) is 2.68. The molecule has 0 bridgehead atoms. The van der Waals surface area contributed by atoms with Crippen LogP contribution in [-0.4, -0.2) is 13.2 Å². The maximum absolute atomic E-state index is 12.4. The van der Waals surface area contributed by atoms with E-state index in [9.17, 15) is 8.78 Å². The van der Waals surface area contributed by atoms with Crippen LogP contribution in [0.2, 0.25) is 5.02 Å². The molecule has 0 radical (unpaired) electrons. The van der Waals surface area contributed by atoms with Crippen molar-refractivity contribution in [3.05, 3.63) is 21.6 Å². The lowest BCUT2D eigenvalue weighted by atomic mass is 10.1. The van der Waals surface area contributed by atoms with Crippen molar-refractivity contribution < 1.29 is 13.5 Å². The Hall–Kier alpha value is -0.550. The number of hydrogen-bond acceptors (Lipinski definition) is 2. The van der Waals surface area contributed by atoms with E-state index < -0.39 is 6.61 Å². The third kappa shape index (κ3) is 5.53. The van der Waals surface area contributed by atoms with Gasteiger partial charge in [-0.05, 0) is 40.4 Å². The molecule has 0 fully saturated rings. The van der Waals surface area contributed by atoms with Crippen molar-refractivity contribution in [2.45, 2.75) is 33.3 Å². The average molecular weight is 357 g/mol. The van der Waals surface area contributed by atoms with Crippen molar-refractivity contribution in [2.24, 2.45) is 5.92 Å². The zero-order chi connectivity index (χ0) is 14.4. The van der Waals surface area contributed by atoms with Crippen molar-refractivity contribution in [2.75, 3.05) is 11.9 Å². The summed E-state index contributed by atoms with van der Waals surface area (Å²) in [5.41, 5.74) is 0.475. The summed E-state index contributed by atoms with van der Waals surface area (Å²) < 4.78 is 29.7. The summed E-state index contributed by atoms with van der Waals surface area (Å²) in [4.78, 5) is 0. The van der Waals surface area contributed by atoms with Gasteiger partial charge in [-0.15, -0.1) is 0 Å². The van der Waals surface area contributed by atoms with Gasteiger partial charge in [0.2, 0.25) is 0 Å². The molecule has 0 spiro atoms. The fourth-order valence-electron chi connectivity index (χ4n) is 1.78. The zero-order valence-corrected chi connectivity index (χ0v) is 13.2. The molecular formula is C13H17BrClF2NO. The third-order valence-corrected chi connectivity index (χ3v) is 3.45. The second-order valence-corrected chi connectivity index (χ2v) is 5.71. The summed E-state index contributed by atoms with van der Waals surface area (Å²) in [6.07, 6.45) is 2.16. The van der Waals surface area contributed by atoms with Crippen LogP contribution in [0.4, 0.5) is 14.5 Å². The minimum atomic E-state index is -2.87. The van der Waals surface area contributed by atoms with Gasteiger partial charge in [0.1, 0.15) is 0 Å². The Kier molecular flexibility index (Phi) is 6.86. The van der Waals surface area contributed by atoms with Crippen molar-refractivity contribution in [3.8, 4) is 5.75 Å². The summed E-state index contributed by atoms with van der Waals surface area (Å²) in [7, 11) is 0. The van der Waals surface area contributed by atoms with Gasteiger partial charge in [-0.25, -0.2) is 0 Å². The van der Waals surface area contributed by atoms with Crippen molar-refractivity contribution >= 4 is 33.2 Å². The first kappa shape index (κ1) is 16.5. The minimum absolute atomic E-state index is 0.0862. The molecule has 108 valence electrons. The van der Waals surface area contributed by atoms with Gasteiger partial charge in [0, 0.05) is 11.6 Å². The second-order valence-electron chi connectivity index (χ2n) is 4.42. The Morgan fingerprint density at radius 1 is 1.42 bits per heavy atom. The van der Waals surface area contributed by atoms with Crippen LogP contribution < -0.4 is 10.1 Å². The number of anilines is 1. The van der Waals surface area contributed by atoms with Crippen LogP contribution in [0.3, 0.4) is 0 Å². The molecule has 0 aliphatic carbocycles. The molecule has 0 heterocycles. The van der Waals surface area contributed by atoms with Crippen LogP contribution in [0, 0.1) is 5.92 Å². The Morgan fingerprint density at radius 2 is 2.11 bits per heavy atom. The van der Waals surface area contributed by atoms with Crippen LogP contribution in [-0.2, 0) is 0 Å². The van der Waals surface area contributed by atoms with Gasteiger partial charge in [-0.1, -0.05) is 31.9 Å². The van der Waals surface area contributed by atoms with Crippen molar-refractivity contribution in [1.29, 1.82) is 0 Å². The molecule has 1 aromatic carbocycles. The highest BCUT2D eigenvalue weighted by Crippen LogP contribution is 2.37. The Labute approximate surface area is 125 Å². The number of benzene rings is 1. The SMILES string of the molecule is CCCC(C)CNc1cc(Cl)cc(Br)c1OC(F)F. The van der Waals surface area contributed by atoms with Gasteiger partial charge in [-0.3, -0.25) is 0 Å². The Morgan fingerprint density at radius 3 is 2.68 bits per heavy atom. The molecule has 0 saturated heterocycles.